The molecule has 76 valence electrons. The quantitative estimate of drug-likeness (QED) is 0.660. The predicted molar refractivity (Wildman–Crippen MR) is 51.2 cm³/mol. The van der Waals surface area contributed by atoms with Crippen LogP contribution < -0.4 is 5.73 Å². The second-order valence-electron chi connectivity index (χ2n) is 3.86. The molecule has 0 aromatic rings. The summed E-state index contributed by atoms with van der Waals surface area (Å²) in [4.78, 5) is 10.9. The van der Waals surface area contributed by atoms with Crippen molar-refractivity contribution in [1.29, 1.82) is 0 Å². The Bertz CT molecular complexity index is 166. The van der Waals surface area contributed by atoms with Crippen LogP contribution in [0.5, 0.6) is 0 Å². The highest BCUT2D eigenvalue weighted by atomic mass is 16.5. The molecule has 0 bridgehead atoms. The summed E-state index contributed by atoms with van der Waals surface area (Å²) < 4.78 is 4.55. The number of carbonyl (C=O) groups is 1. The van der Waals surface area contributed by atoms with Gasteiger partial charge in [0.15, 0.2) is 0 Å². The summed E-state index contributed by atoms with van der Waals surface area (Å²) in [5.74, 6) is 0.624. The first kappa shape index (κ1) is 10.5. The van der Waals surface area contributed by atoms with Gasteiger partial charge in [-0.1, -0.05) is 32.1 Å². The average molecular weight is 185 g/mol. The molecule has 1 rings (SSSR count). The van der Waals surface area contributed by atoms with Crippen molar-refractivity contribution in [3.63, 3.8) is 0 Å². The Balaban J connectivity index is 2.00. The Morgan fingerprint density at radius 2 is 2.31 bits per heavy atom. The molecule has 13 heavy (non-hydrogen) atoms. The number of nitrogens with two attached hydrogens (primary N) is 1. The molecule has 1 aliphatic rings. The molecule has 0 aromatic carbocycles. The van der Waals surface area contributed by atoms with Crippen molar-refractivity contribution in [2.45, 2.75) is 44.6 Å². The molecule has 0 radical (unpaired) electrons. The van der Waals surface area contributed by atoms with Crippen molar-refractivity contribution in [2.75, 3.05) is 7.11 Å². The summed E-state index contributed by atoms with van der Waals surface area (Å²) in [6.07, 6.45) is 7.17. The minimum Gasteiger partial charge on any atom is -0.468 e. The van der Waals surface area contributed by atoms with Gasteiger partial charge in [-0.25, -0.2) is 0 Å². The Kier molecular flexibility index (Phi) is 4.22. The topological polar surface area (TPSA) is 52.3 Å². The number of carbonyl (C=O) groups excluding carboxylic acids is 1. The highest BCUT2D eigenvalue weighted by Crippen LogP contribution is 2.30. The lowest BCUT2D eigenvalue weighted by atomic mass is 9.81. The monoisotopic (exact) mass is 185 g/mol. The highest BCUT2D eigenvalue weighted by molar-refractivity contribution is 5.75. The van der Waals surface area contributed by atoms with Gasteiger partial charge in [-0.3, -0.25) is 4.79 Å². The molecule has 0 aliphatic heterocycles. The molecule has 3 heteroatoms. The number of hydrogen-bond acceptors (Lipinski definition) is 3. The Labute approximate surface area is 79.6 Å². The minimum atomic E-state index is -0.412. The van der Waals surface area contributed by atoms with E-state index in [1.807, 2.05) is 0 Å². The van der Waals surface area contributed by atoms with E-state index >= 15 is 0 Å². The van der Waals surface area contributed by atoms with Crippen LogP contribution in [0.2, 0.25) is 0 Å². The normalized spacial score (nSPS) is 19.2. The molecule has 1 fully saturated rings. The first-order chi connectivity index (χ1) is 6.24. The minimum absolute atomic E-state index is 0.284. The maximum atomic E-state index is 10.9. The van der Waals surface area contributed by atoms with E-state index in [2.05, 4.69) is 4.74 Å². The van der Waals surface area contributed by atoms with Crippen molar-refractivity contribution in [3.8, 4) is 0 Å². The summed E-state index contributed by atoms with van der Waals surface area (Å²) >= 11 is 0. The van der Waals surface area contributed by atoms with Gasteiger partial charge in [-0.05, 0) is 12.3 Å². The summed E-state index contributed by atoms with van der Waals surface area (Å²) in [5.41, 5.74) is 5.60. The van der Waals surface area contributed by atoms with Gasteiger partial charge in [0.25, 0.3) is 0 Å². The Hall–Kier alpha value is -0.570. The fourth-order valence-corrected chi connectivity index (χ4v) is 1.68. The van der Waals surface area contributed by atoms with Crippen LogP contribution in [0.1, 0.15) is 38.5 Å². The highest BCUT2D eigenvalue weighted by Gasteiger charge is 2.18. The van der Waals surface area contributed by atoms with E-state index in [1.165, 1.54) is 32.8 Å². The maximum Gasteiger partial charge on any atom is 0.322 e. The number of ether oxygens (including phenoxy) is 1. The largest absolute Gasteiger partial charge is 0.468 e. The molecule has 0 heterocycles. The molecular weight excluding hydrogens is 166 g/mol. The van der Waals surface area contributed by atoms with Crippen molar-refractivity contribution in [3.05, 3.63) is 0 Å². The lowest BCUT2D eigenvalue weighted by Gasteiger charge is -2.25. The fourth-order valence-electron chi connectivity index (χ4n) is 1.68. The number of methoxy groups -OCH3 is 1. The van der Waals surface area contributed by atoms with Gasteiger partial charge in [0, 0.05) is 0 Å². The molecule has 3 nitrogen and oxygen atoms in total. The number of rotatable bonds is 5. The van der Waals surface area contributed by atoms with Crippen LogP contribution in [0.4, 0.5) is 0 Å². The third-order valence-corrected chi connectivity index (χ3v) is 2.86. The van der Waals surface area contributed by atoms with E-state index in [9.17, 15) is 4.79 Å². The van der Waals surface area contributed by atoms with Gasteiger partial charge in [0.05, 0.1) is 7.11 Å². The molecule has 1 saturated carbocycles. The van der Waals surface area contributed by atoms with E-state index in [0.29, 0.717) is 0 Å². The van der Waals surface area contributed by atoms with E-state index < -0.39 is 6.04 Å². The van der Waals surface area contributed by atoms with Crippen molar-refractivity contribution < 1.29 is 9.53 Å². The number of esters is 1. The second kappa shape index (κ2) is 5.22. The van der Waals surface area contributed by atoms with Crippen molar-refractivity contribution in [2.24, 2.45) is 11.7 Å². The molecule has 0 aromatic heterocycles. The third-order valence-electron chi connectivity index (χ3n) is 2.86. The SMILES string of the molecule is COC(=O)C(N)CCCC1CCC1. The lowest BCUT2D eigenvalue weighted by Crippen LogP contribution is -2.31. The van der Waals surface area contributed by atoms with Crippen molar-refractivity contribution >= 4 is 5.97 Å². The van der Waals surface area contributed by atoms with Crippen LogP contribution in [-0.4, -0.2) is 19.1 Å². The number of hydrogen-bond donors (Lipinski definition) is 1. The molecular formula is C10H19NO2. The fraction of sp³-hybridized carbons (Fsp3) is 0.900. The van der Waals surface area contributed by atoms with Crippen LogP contribution in [0.25, 0.3) is 0 Å². The van der Waals surface area contributed by atoms with E-state index in [0.717, 1.165) is 18.8 Å². The zero-order valence-corrected chi connectivity index (χ0v) is 8.29. The van der Waals surface area contributed by atoms with Crippen LogP contribution in [0.3, 0.4) is 0 Å². The van der Waals surface area contributed by atoms with Gasteiger partial charge in [-0.2, -0.15) is 0 Å². The first-order valence-electron chi connectivity index (χ1n) is 5.07. The summed E-state index contributed by atoms with van der Waals surface area (Å²) in [6.45, 7) is 0. The zero-order valence-electron chi connectivity index (χ0n) is 8.29. The van der Waals surface area contributed by atoms with E-state index in [4.69, 9.17) is 5.73 Å². The van der Waals surface area contributed by atoms with E-state index in [1.54, 1.807) is 0 Å². The molecule has 0 spiro atoms. The van der Waals surface area contributed by atoms with Crippen LogP contribution in [-0.2, 0) is 9.53 Å². The van der Waals surface area contributed by atoms with Gasteiger partial charge in [-0.15, -0.1) is 0 Å². The summed E-state index contributed by atoms with van der Waals surface area (Å²) in [7, 11) is 1.38. The van der Waals surface area contributed by atoms with Crippen molar-refractivity contribution in [1.82, 2.24) is 0 Å². The van der Waals surface area contributed by atoms with Gasteiger partial charge in [0.2, 0.25) is 0 Å². The summed E-state index contributed by atoms with van der Waals surface area (Å²) in [5, 5.41) is 0. The van der Waals surface area contributed by atoms with Crippen LogP contribution in [0.15, 0.2) is 0 Å². The average Bonchev–Trinajstić information content (AvgIpc) is 2.07. The van der Waals surface area contributed by atoms with Crippen LogP contribution in [0, 0.1) is 5.92 Å². The van der Waals surface area contributed by atoms with Gasteiger partial charge >= 0.3 is 5.97 Å². The smallest absolute Gasteiger partial charge is 0.322 e. The van der Waals surface area contributed by atoms with Gasteiger partial charge < -0.3 is 10.5 Å². The first-order valence-corrected chi connectivity index (χ1v) is 5.07. The molecule has 1 unspecified atom stereocenters. The third kappa shape index (κ3) is 3.35. The Morgan fingerprint density at radius 3 is 2.77 bits per heavy atom. The molecule has 1 atom stereocenters. The molecule has 0 saturated heterocycles. The molecule has 2 N–H and O–H groups in total. The maximum absolute atomic E-state index is 10.9. The summed E-state index contributed by atoms with van der Waals surface area (Å²) in [6, 6.07) is -0.412. The molecule has 1 aliphatic carbocycles. The van der Waals surface area contributed by atoms with Gasteiger partial charge in [0.1, 0.15) is 6.04 Å². The van der Waals surface area contributed by atoms with E-state index in [-0.39, 0.29) is 5.97 Å². The zero-order chi connectivity index (χ0) is 9.68. The lowest BCUT2D eigenvalue weighted by molar-refractivity contribution is -0.142. The Morgan fingerprint density at radius 1 is 1.62 bits per heavy atom. The second-order valence-corrected chi connectivity index (χ2v) is 3.86. The standard InChI is InChI=1S/C10H19NO2/c1-13-10(12)9(11)7-3-6-8-4-2-5-8/h8-9H,2-7,11H2,1H3. The predicted octanol–water partition coefficient (Wildman–Crippen LogP) is 1.46. The van der Waals surface area contributed by atoms with Crippen LogP contribution >= 0.6 is 0 Å². The molecule has 0 amide bonds.